The van der Waals surface area contributed by atoms with Crippen LogP contribution in [0.1, 0.15) is 19.8 Å². The van der Waals surface area contributed by atoms with Crippen molar-refractivity contribution in [2.45, 2.75) is 19.8 Å². The van der Waals surface area contributed by atoms with E-state index in [9.17, 15) is 9.59 Å². The minimum Gasteiger partial charge on any atom is -0.480 e. The van der Waals surface area contributed by atoms with Gasteiger partial charge in [-0.3, -0.25) is 9.59 Å². The van der Waals surface area contributed by atoms with Crippen LogP contribution < -0.4 is 0 Å². The second-order valence-corrected chi connectivity index (χ2v) is 2.89. The van der Waals surface area contributed by atoms with E-state index in [1.807, 2.05) is 0 Å². The van der Waals surface area contributed by atoms with Gasteiger partial charge in [-0.1, -0.05) is 13.3 Å². The zero-order chi connectivity index (χ0) is 8.65. The smallest absolute Gasteiger partial charge is 0.321 e. The lowest BCUT2D eigenvalue weighted by atomic mass is 10.0. The van der Waals surface area contributed by atoms with Crippen molar-refractivity contribution >= 4 is 11.9 Å². The minimum absolute atomic E-state index is 0.169. The highest BCUT2D eigenvalue weighted by Crippen LogP contribution is 2.54. The molecule has 0 radical (unpaired) electrons. The Balaban J connectivity index is 2.79. The molecule has 0 amide bonds. The molecule has 0 saturated heterocycles. The molecule has 0 aromatic heterocycles. The number of hydrogen-bond donors (Lipinski definition) is 2. The molecule has 1 fully saturated rings. The van der Waals surface area contributed by atoms with Gasteiger partial charge in [-0.2, -0.15) is 0 Å². The van der Waals surface area contributed by atoms with Gasteiger partial charge in [-0.05, 0) is 12.3 Å². The molecule has 0 aromatic carbocycles. The van der Waals surface area contributed by atoms with Gasteiger partial charge in [0.15, 0.2) is 5.41 Å². The second kappa shape index (κ2) is 2.22. The monoisotopic (exact) mass is 158 g/mol. The van der Waals surface area contributed by atoms with Crippen molar-refractivity contribution in [2.24, 2.45) is 11.3 Å². The molecule has 0 aromatic rings. The van der Waals surface area contributed by atoms with E-state index >= 15 is 0 Å². The molecule has 1 aliphatic carbocycles. The molecule has 1 atom stereocenters. The highest BCUT2D eigenvalue weighted by molar-refractivity contribution is 6.02. The third-order valence-electron chi connectivity index (χ3n) is 2.36. The maximum atomic E-state index is 10.5. The van der Waals surface area contributed by atoms with Crippen LogP contribution in [-0.4, -0.2) is 22.2 Å². The second-order valence-electron chi connectivity index (χ2n) is 2.89. The molecule has 0 heterocycles. The van der Waals surface area contributed by atoms with E-state index in [1.165, 1.54) is 0 Å². The Morgan fingerprint density at radius 2 is 1.91 bits per heavy atom. The van der Waals surface area contributed by atoms with Gasteiger partial charge < -0.3 is 10.2 Å². The zero-order valence-corrected chi connectivity index (χ0v) is 6.20. The van der Waals surface area contributed by atoms with Crippen molar-refractivity contribution in [1.29, 1.82) is 0 Å². The largest absolute Gasteiger partial charge is 0.480 e. The van der Waals surface area contributed by atoms with E-state index in [1.54, 1.807) is 6.92 Å². The average Bonchev–Trinajstić information content (AvgIpc) is 2.61. The molecule has 1 rings (SSSR count). The minimum atomic E-state index is -1.45. The maximum Gasteiger partial charge on any atom is 0.321 e. The zero-order valence-electron chi connectivity index (χ0n) is 6.20. The molecule has 0 unspecified atom stereocenters. The maximum absolute atomic E-state index is 10.5. The molecule has 62 valence electrons. The van der Waals surface area contributed by atoms with Crippen LogP contribution in [0.2, 0.25) is 0 Å². The van der Waals surface area contributed by atoms with Crippen molar-refractivity contribution in [1.82, 2.24) is 0 Å². The summed E-state index contributed by atoms with van der Waals surface area (Å²) in [7, 11) is 0. The normalized spacial score (nSPS) is 26.1. The van der Waals surface area contributed by atoms with Crippen LogP contribution in [0.25, 0.3) is 0 Å². The molecule has 1 aliphatic rings. The molecule has 11 heavy (non-hydrogen) atoms. The first-order valence-electron chi connectivity index (χ1n) is 3.52. The Morgan fingerprint density at radius 3 is 2.00 bits per heavy atom. The van der Waals surface area contributed by atoms with Crippen LogP contribution >= 0.6 is 0 Å². The van der Waals surface area contributed by atoms with Gasteiger partial charge in [0.1, 0.15) is 0 Å². The van der Waals surface area contributed by atoms with Crippen molar-refractivity contribution in [2.75, 3.05) is 0 Å². The number of hydrogen-bond acceptors (Lipinski definition) is 2. The summed E-state index contributed by atoms with van der Waals surface area (Å²) in [5.41, 5.74) is -1.45. The Kier molecular flexibility index (Phi) is 1.62. The molecule has 0 bridgehead atoms. The highest BCUT2D eigenvalue weighted by Gasteiger charge is 2.65. The summed E-state index contributed by atoms with van der Waals surface area (Å²) in [4.78, 5) is 21.0. The molecule has 1 saturated carbocycles. The molecule has 2 N–H and O–H groups in total. The van der Waals surface area contributed by atoms with Gasteiger partial charge in [0.05, 0.1) is 0 Å². The molecule has 0 aliphatic heterocycles. The first-order valence-corrected chi connectivity index (χ1v) is 3.52. The van der Waals surface area contributed by atoms with E-state index < -0.39 is 17.4 Å². The number of carboxylic acids is 2. The summed E-state index contributed by atoms with van der Waals surface area (Å²) in [6.45, 7) is 1.80. The number of carbonyl (C=O) groups is 2. The number of aliphatic carboxylic acids is 2. The summed E-state index contributed by atoms with van der Waals surface area (Å²) < 4.78 is 0. The Labute approximate surface area is 63.8 Å². The molecular formula is C7H10O4. The fourth-order valence-corrected chi connectivity index (χ4v) is 1.44. The lowest BCUT2D eigenvalue weighted by Gasteiger charge is -2.03. The van der Waals surface area contributed by atoms with Crippen molar-refractivity contribution < 1.29 is 19.8 Å². The van der Waals surface area contributed by atoms with Crippen LogP contribution in [0.3, 0.4) is 0 Å². The Morgan fingerprint density at radius 1 is 1.45 bits per heavy atom. The molecule has 4 heteroatoms. The van der Waals surface area contributed by atoms with Gasteiger partial charge in [0.2, 0.25) is 0 Å². The molecule has 4 nitrogen and oxygen atoms in total. The Hall–Kier alpha value is -1.06. The van der Waals surface area contributed by atoms with Gasteiger partial charge in [-0.15, -0.1) is 0 Å². The average molecular weight is 158 g/mol. The molecular weight excluding hydrogens is 148 g/mol. The lowest BCUT2D eigenvalue weighted by Crippen LogP contribution is -2.27. The summed E-state index contributed by atoms with van der Waals surface area (Å²) in [5, 5.41) is 17.2. The quantitative estimate of drug-likeness (QED) is 0.589. The van der Waals surface area contributed by atoms with Crippen molar-refractivity contribution in [3.05, 3.63) is 0 Å². The van der Waals surface area contributed by atoms with E-state index in [-0.39, 0.29) is 12.3 Å². The van der Waals surface area contributed by atoms with Crippen LogP contribution in [0.4, 0.5) is 0 Å². The summed E-state index contributed by atoms with van der Waals surface area (Å²) >= 11 is 0. The predicted octanol–water partition coefficient (Wildman–Crippen LogP) is 0.572. The van der Waals surface area contributed by atoms with Gasteiger partial charge in [0, 0.05) is 0 Å². The first-order chi connectivity index (χ1) is 5.05. The van der Waals surface area contributed by atoms with Crippen LogP contribution in [-0.2, 0) is 9.59 Å². The van der Waals surface area contributed by atoms with Gasteiger partial charge in [0.25, 0.3) is 0 Å². The topological polar surface area (TPSA) is 74.6 Å². The van der Waals surface area contributed by atoms with E-state index in [4.69, 9.17) is 10.2 Å². The SMILES string of the molecule is CC[C@H]1CC1(C(=O)O)C(=O)O. The summed E-state index contributed by atoms with van der Waals surface area (Å²) in [5.74, 6) is -2.56. The van der Waals surface area contributed by atoms with E-state index in [0.29, 0.717) is 6.42 Å². The fraction of sp³-hybridized carbons (Fsp3) is 0.714. The fourth-order valence-electron chi connectivity index (χ4n) is 1.44. The third kappa shape index (κ3) is 0.895. The predicted molar refractivity (Wildman–Crippen MR) is 36.1 cm³/mol. The van der Waals surface area contributed by atoms with E-state index in [2.05, 4.69) is 0 Å². The summed E-state index contributed by atoms with van der Waals surface area (Å²) in [6.07, 6.45) is 0.909. The first kappa shape index (κ1) is 8.04. The molecule has 0 spiro atoms. The van der Waals surface area contributed by atoms with Crippen LogP contribution in [0.5, 0.6) is 0 Å². The van der Waals surface area contributed by atoms with Crippen LogP contribution in [0, 0.1) is 11.3 Å². The number of carboxylic acid groups (broad SMARTS) is 2. The standard InChI is InChI=1S/C7H10O4/c1-2-4-3-7(4,5(8)9)6(10)11/h4H,2-3H2,1H3,(H,8,9)(H,10,11)/t4-/m0/s1. The van der Waals surface area contributed by atoms with Gasteiger partial charge in [-0.25, -0.2) is 0 Å². The van der Waals surface area contributed by atoms with Crippen molar-refractivity contribution in [3.8, 4) is 0 Å². The van der Waals surface area contributed by atoms with Crippen molar-refractivity contribution in [3.63, 3.8) is 0 Å². The van der Waals surface area contributed by atoms with E-state index in [0.717, 1.165) is 0 Å². The highest BCUT2D eigenvalue weighted by atomic mass is 16.4. The third-order valence-corrected chi connectivity index (χ3v) is 2.36. The van der Waals surface area contributed by atoms with Gasteiger partial charge >= 0.3 is 11.9 Å². The Bertz CT molecular complexity index is 194. The lowest BCUT2D eigenvalue weighted by molar-refractivity contribution is -0.157. The van der Waals surface area contributed by atoms with Crippen LogP contribution in [0.15, 0.2) is 0 Å². The number of rotatable bonds is 3. The summed E-state index contributed by atoms with van der Waals surface area (Å²) in [6, 6.07) is 0.